The van der Waals surface area contributed by atoms with Gasteiger partial charge in [0.25, 0.3) is 0 Å². The van der Waals surface area contributed by atoms with Gasteiger partial charge in [0, 0.05) is 28.7 Å². The Bertz CT molecular complexity index is 1220. The summed E-state index contributed by atoms with van der Waals surface area (Å²) in [6.07, 6.45) is 0.204. The summed E-state index contributed by atoms with van der Waals surface area (Å²) in [5.41, 5.74) is 5.28. The first-order chi connectivity index (χ1) is 15.8. The van der Waals surface area contributed by atoms with E-state index in [1.165, 1.54) is 13.2 Å². The van der Waals surface area contributed by atoms with Gasteiger partial charge in [-0.05, 0) is 30.7 Å². The second-order valence-electron chi connectivity index (χ2n) is 8.40. The lowest BCUT2D eigenvalue weighted by Gasteiger charge is -2.29. The van der Waals surface area contributed by atoms with Gasteiger partial charge in [-0.2, -0.15) is 0 Å². The van der Waals surface area contributed by atoms with Crippen LogP contribution in [-0.4, -0.2) is 36.8 Å². The van der Waals surface area contributed by atoms with Crippen LogP contribution in [0.15, 0.2) is 42.5 Å². The maximum absolute atomic E-state index is 13.9. The number of rotatable bonds is 5. The number of carbonyl (C=O) groups is 4. The minimum Gasteiger partial charge on any atom is -0.495 e. The van der Waals surface area contributed by atoms with Gasteiger partial charge >= 0.3 is 0 Å². The third-order valence-electron chi connectivity index (χ3n) is 6.71. The minimum absolute atomic E-state index is 0.00217. The van der Waals surface area contributed by atoms with Crippen LogP contribution in [0.5, 0.6) is 5.75 Å². The molecule has 0 aromatic heterocycles. The van der Waals surface area contributed by atoms with Gasteiger partial charge in [0.15, 0.2) is 0 Å². The number of methoxy groups -OCH3 is 1. The minimum atomic E-state index is -1.45. The van der Waals surface area contributed by atoms with Crippen molar-refractivity contribution < 1.29 is 23.9 Å². The average molecular weight is 469 g/mol. The highest BCUT2D eigenvalue weighted by atomic mass is 35.5. The van der Waals surface area contributed by atoms with Crippen LogP contribution in [0.4, 0.5) is 11.4 Å². The van der Waals surface area contributed by atoms with Crippen molar-refractivity contribution >= 4 is 46.6 Å². The van der Waals surface area contributed by atoms with E-state index in [0.717, 1.165) is 4.90 Å². The van der Waals surface area contributed by atoms with Crippen molar-refractivity contribution in [2.24, 2.45) is 17.6 Å². The number of nitrogens with two attached hydrogens (primary N) is 1. The molecule has 33 heavy (non-hydrogen) atoms. The summed E-state index contributed by atoms with van der Waals surface area (Å²) >= 11 is 6.16. The van der Waals surface area contributed by atoms with E-state index in [1.54, 1.807) is 36.4 Å². The van der Waals surface area contributed by atoms with E-state index < -0.39 is 47.0 Å². The standard InChI is InChI=1S/C23H21ClN4O5/c1-33-16-8-6-11(24)10-15(16)28-20(30)18-14(7-9-17(25)29)27-23(19(18)21(28)31)12-4-2-3-5-13(12)26-22(23)32/h2-6,8,10,14,18-19,27H,7,9H2,1H3,(H2,25,29)(H,26,32)/t14-,18+,19-,23-/m0/s1. The lowest BCUT2D eigenvalue weighted by Crippen LogP contribution is -2.53. The number of amides is 4. The molecule has 0 bridgehead atoms. The first kappa shape index (κ1) is 21.4. The molecular weight excluding hydrogens is 448 g/mol. The van der Waals surface area contributed by atoms with Crippen molar-refractivity contribution in [3.63, 3.8) is 0 Å². The SMILES string of the molecule is COc1ccc(Cl)cc1N1C(=O)[C@@H]2[C@H](CCC(N)=O)N[C@]3(C(=O)Nc4ccccc43)[C@@H]2C1=O. The lowest BCUT2D eigenvalue weighted by atomic mass is 9.76. The maximum Gasteiger partial charge on any atom is 0.250 e. The van der Waals surface area contributed by atoms with Crippen molar-refractivity contribution in [3.05, 3.63) is 53.1 Å². The molecule has 2 saturated heterocycles. The molecule has 4 atom stereocenters. The molecular formula is C23H21ClN4O5. The van der Waals surface area contributed by atoms with Crippen LogP contribution >= 0.6 is 11.6 Å². The molecule has 10 heteroatoms. The van der Waals surface area contributed by atoms with E-state index in [1.807, 2.05) is 0 Å². The molecule has 170 valence electrons. The summed E-state index contributed by atoms with van der Waals surface area (Å²) in [5, 5.41) is 6.41. The quantitative estimate of drug-likeness (QED) is 0.570. The Labute approximate surface area is 194 Å². The Morgan fingerprint density at radius 3 is 2.67 bits per heavy atom. The van der Waals surface area contributed by atoms with E-state index >= 15 is 0 Å². The van der Waals surface area contributed by atoms with Crippen LogP contribution < -0.4 is 26.0 Å². The lowest BCUT2D eigenvalue weighted by molar-refractivity contribution is -0.130. The predicted molar refractivity (Wildman–Crippen MR) is 120 cm³/mol. The first-order valence-electron chi connectivity index (χ1n) is 10.5. The molecule has 2 aromatic rings. The van der Waals surface area contributed by atoms with E-state index in [0.29, 0.717) is 22.0 Å². The number of halogens is 1. The van der Waals surface area contributed by atoms with Crippen LogP contribution in [0.2, 0.25) is 5.02 Å². The van der Waals surface area contributed by atoms with Gasteiger partial charge in [-0.15, -0.1) is 0 Å². The topological polar surface area (TPSA) is 131 Å². The fourth-order valence-electron chi connectivity index (χ4n) is 5.38. The second kappa shape index (κ2) is 7.57. The summed E-state index contributed by atoms with van der Waals surface area (Å²) in [5.74, 6) is -3.56. The molecule has 2 fully saturated rings. The molecule has 4 amide bonds. The summed E-state index contributed by atoms with van der Waals surface area (Å²) in [6.45, 7) is 0. The number of hydrogen-bond donors (Lipinski definition) is 3. The van der Waals surface area contributed by atoms with Crippen molar-refractivity contribution in [1.29, 1.82) is 0 Å². The fraction of sp³-hybridized carbons (Fsp3) is 0.304. The monoisotopic (exact) mass is 468 g/mol. The number of para-hydroxylation sites is 1. The zero-order chi connectivity index (χ0) is 23.5. The Morgan fingerprint density at radius 2 is 1.94 bits per heavy atom. The molecule has 0 unspecified atom stereocenters. The van der Waals surface area contributed by atoms with Crippen molar-refractivity contribution in [2.75, 3.05) is 17.3 Å². The molecule has 2 aromatic carbocycles. The van der Waals surface area contributed by atoms with E-state index in [4.69, 9.17) is 22.1 Å². The van der Waals surface area contributed by atoms with Gasteiger partial charge in [0.05, 0.1) is 24.6 Å². The zero-order valence-corrected chi connectivity index (χ0v) is 18.4. The van der Waals surface area contributed by atoms with E-state index in [-0.39, 0.29) is 18.5 Å². The third kappa shape index (κ3) is 2.96. The Kier molecular flexibility index (Phi) is 4.91. The van der Waals surface area contributed by atoms with Crippen molar-refractivity contribution in [2.45, 2.75) is 24.4 Å². The maximum atomic E-state index is 13.9. The van der Waals surface area contributed by atoms with E-state index in [9.17, 15) is 19.2 Å². The highest BCUT2D eigenvalue weighted by Crippen LogP contribution is 2.54. The molecule has 1 spiro atoms. The number of ether oxygens (including phenoxy) is 1. The first-order valence-corrected chi connectivity index (χ1v) is 10.9. The number of fused-ring (bicyclic) bond motifs is 4. The van der Waals surface area contributed by atoms with Crippen LogP contribution in [0.3, 0.4) is 0 Å². The average Bonchev–Trinajstić information content (AvgIpc) is 3.37. The zero-order valence-electron chi connectivity index (χ0n) is 17.6. The van der Waals surface area contributed by atoms with Crippen LogP contribution in [0, 0.1) is 11.8 Å². The fourth-order valence-corrected chi connectivity index (χ4v) is 5.55. The van der Waals surface area contributed by atoms with E-state index in [2.05, 4.69) is 10.6 Å². The van der Waals surface area contributed by atoms with Gasteiger partial charge < -0.3 is 15.8 Å². The summed E-state index contributed by atoms with van der Waals surface area (Å²) < 4.78 is 5.37. The second-order valence-corrected chi connectivity index (χ2v) is 8.83. The van der Waals surface area contributed by atoms with Crippen LogP contribution in [-0.2, 0) is 24.7 Å². The molecule has 3 aliphatic rings. The molecule has 3 heterocycles. The smallest absolute Gasteiger partial charge is 0.250 e. The molecule has 0 aliphatic carbocycles. The number of anilines is 2. The molecule has 4 N–H and O–H groups in total. The number of hydrogen-bond acceptors (Lipinski definition) is 6. The molecule has 0 saturated carbocycles. The third-order valence-corrected chi connectivity index (χ3v) is 6.94. The van der Waals surface area contributed by atoms with Crippen LogP contribution in [0.1, 0.15) is 18.4 Å². The summed E-state index contributed by atoms with van der Waals surface area (Å²) in [4.78, 5) is 53.5. The van der Waals surface area contributed by atoms with Gasteiger partial charge in [0.2, 0.25) is 23.6 Å². The number of nitrogens with one attached hydrogen (secondary N) is 2. The Balaban J connectivity index is 1.66. The summed E-state index contributed by atoms with van der Waals surface area (Å²) in [7, 11) is 1.43. The molecule has 9 nitrogen and oxygen atoms in total. The highest BCUT2D eigenvalue weighted by Gasteiger charge is 2.70. The highest BCUT2D eigenvalue weighted by molar-refractivity contribution is 6.32. The van der Waals surface area contributed by atoms with Gasteiger partial charge in [-0.3, -0.25) is 24.5 Å². The molecule has 5 rings (SSSR count). The van der Waals surface area contributed by atoms with Gasteiger partial charge in [0.1, 0.15) is 11.3 Å². The number of primary amides is 1. The van der Waals surface area contributed by atoms with Crippen LogP contribution in [0.25, 0.3) is 0 Å². The summed E-state index contributed by atoms with van der Waals surface area (Å²) in [6, 6.07) is 11.1. The Morgan fingerprint density at radius 1 is 1.18 bits per heavy atom. The Hall–Kier alpha value is -3.43. The van der Waals surface area contributed by atoms with Gasteiger partial charge in [-0.1, -0.05) is 29.8 Å². The number of imide groups is 1. The normalized spacial score (nSPS) is 27.6. The molecule has 0 radical (unpaired) electrons. The number of nitrogens with zero attached hydrogens (tertiary/aromatic N) is 1. The molecule has 3 aliphatic heterocycles. The van der Waals surface area contributed by atoms with Gasteiger partial charge in [-0.25, -0.2) is 4.90 Å². The predicted octanol–water partition coefficient (Wildman–Crippen LogP) is 1.54. The van der Waals surface area contributed by atoms with Crippen molar-refractivity contribution in [1.82, 2.24) is 5.32 Å². The number of carbonyl (C=O) groups excluding carboxylic acids is 4. The van der Waals surface area contributed by atoms with Crippen molar-refractivity contribution in [3.8, 4) is 5.75 Å². The largest absolute Gasteiger partial charge is 0.495 e. The number of benzene rings is 2.